The van der Waals surface area contributed by atoms with E-state index >= 15 is 0 Å². The molecule has 40 heavy (non-hydrogen) atoms. The van der Waals surface area contributed by atoms with Gasteiger partial charge in [-0.1, -0.05) is 74.5 Å². The summed E-state index contributed by atoms with van der Waals surface area (Å²) in [6.45, 7) is 6.20. The first-order valence-electron chi connectivity index (χ1n) is 14.0. The maximum absolute atomic E-state index is 13.8. The van der Waals surface area contributed by atoms with Gasteiger partial charge >= 0.3 is 6.03 Å². The fourth-order valence-corrected chi connectivity index (χ4v) is 4.76. The molecule has 0 fully saturated rings. The van der Waals surface area contributed by atoms with E-state index in [2.05, 4.69) is 36.3 Å². The van der Waals surface area contributed by atoms with Gasteiger partial charge in [-0.2, -0.15) is 0 Å². The lowest BCUT2D eigenvalue weighted by Gasteiger charge is -2.28. The second-order valence-electron chi connectivity index (χ2n) is 10.4. The number of nitrogens with one attached hydrogen (secondary N) is 2. The lowest BCUT2D eigenvalue weighted by atomic mass is 10.0. The van der Waals surface area contributed by atoms with Crippen LogP contribution >= 0.6 is 0 Å². The lowest BCUT2D eigenvalue weighted by molar-refractivity contribution is -0.132. The van der Waals surface area contributed by atoms with Crippen LogP contribution in [0.3, 0.4) is 0 Å². The number of urea groups is 1. The van der Waals surface area contributed by atoms with Crippen LogP contribution in [0.5, 0.6) is 0 Å². The SMILES string of the molecule is COCCCN(CC(=O)N(CCc1c[nH]c2ccccc12)Cc1ccccc1)C(=O)Nc1ccc(C(C)C)cc1. The third-order valence-electron chi connectivity index (χ3n) is 7.11. The smallest absolute Gasteiger partial charge is 0.322 e. The molecule has 7 heteroatoms. The van der Waals surface area contributed by atoms with Gasteiger partial charge in [0, 0.05) is 56.1 Å². The minimum Gasteiger partial charge on any atom is -0.385 e. The monoisotopic (exact) mass is 540 g/mol. The molecule has 4 rings (SSSR count). The molecule has 3 amide bonds. The Bertz CT molecular complexity index is 1370. The van der Waals surface area contributed by atoms with Gasteiger partial charge in [-0.25, -0.2) is 4.79 Å². The second-order valence-corrected chi connectivity index (χ2v) is 10.4. The third-order valence-corrected chi connectivity index (χ3v) is 7.11. The van der Waals surface area contributed by atoms with Crippen LogP contribution in [0.25, 0.3) is 10.9 Å². The van der Waals surface area contributed by atoms with Crippen molar-refractivity contribution in [1.82, 2.24) is 14.8 Å². The summed E-state index contributed by atoms with van der Waals surface area (Å²) in [5.74, 6) is 0.319. The van der Waals surface area contributed by atoms with Gasteiger partial charge in [-0.15, -0.1) is 0 Å². The van der Waals surface area contributed by atoms with Crippen LogP contribution in [0.4, 0.5) is 10.5 Å². The largest absolute Gasteiger partial charge is 0.385 e. The Kier molecular flexibility index (Phi) is 10.4. The van der Waals surface area contributed by atoms with Crippen LogP contribution in [-0.2, 0) is 22.5 Å². The number of amides is 3. The van der Waals surface area contributed by atoms with E-state index in [0.717, 1.165) is 11.1 Å². The zero-order valence-corrected chi connectivity index (χ0v) is 23.7. The van der Waals surface area contributed by atoms with Crippen LogP contribution < -0.4 is 5.32 Å². The highest BCUT2D eigenvalue weighted by molar-refractivity contribution is 5.92. The van der Waals surface area contributed by atoms with E-state index in [1.165, 1.54) is 16.5 Å². The predicted molar refractivity (Wildman–Crippen MR) is 161 cm³/mol. The van der Waals surface area contributed by atoms with Crippen molar-refractivity contribution in [2.75, 3.05) is 38.7 Å². The van der Waals surface area contributed by atoms with Gasteiger partial charge in [0.1, 0.15) is 6.54 Å². The van der Waals surface area contributed by atoms with Crippen molar-refractivity contribution in [1.29, 1.82) is 0 Å². The summed E-state index contributed by atoms with van der Waals surface area (Å²) in [6.07, 6.45) is 3.36. The number of carbonyl (C=O) groups is 2. The Morgan fingerprint density at radius 2 is 1.62 bits per heavy atom. The molecule has 1 heterocycles. The Balaban J connectivity index is 1.48. The number of para-hydroxylation sites is 1. The van der Waals surface area contributed by atoms with Crippen LogP contribution in [-0.4, -0.2) is 60.1 Å². The van der Waals surface area contributed by atoms with Crippen molar-refractivity contribution in [2.45, 2.75) is 39.2 Å². The number of hydrogen-bond acceptors (Lipinski definition) is 3. The molecule has 0 saturated heterocycles. The van der Waals surface area contributed by atoms with Crippen LogP contribution in [0, 0.1) is 0 Å². The number of benzene rings is 3. The molecule has 0 saturated carbocycles. The first kappa shape index (κ1) is 28.9. The number of aromatic amines is 1. The molecule has 1 aromatic heterocycles. The highest BCUT2D eigenvalue weighted by Crippen LogP contribution is 2.20. The Hall–Kier alpha value is -4.10. The van der Waals surface area contributed by atoms with E-state index in [0.29, 0.717) is 50.7 Å². The minimum atomic E-state index is -0.293. The number of H-pyrrole nitrogens is 1. The quantitative estimate of drug-likeness (QED) is 0.192. The van der Waals surface area contributed by atoms with Crippen molar-refractivity contribution >= 4 is 28.5 Å². The van der Waals surface area contributed by atoms with Gasteiger partial charge in [-0.05, 0) is 53.6 Å². The normalized spacial score (nSPS) is 11.1. The van der Waals surface area contributed by atoms with Gasteiger partial charge in [0.2, 0.25) is 5.91 Å². The molecule has 0 spiro atoms. The van der Waals surface area contributed by atoms with Crippen LogP contribution in [0.2, 0.25) is 0 Å². The second kappa shape index (κ2) is 14.3. The van der Waals surface area contributed by atoms with E-state index < -0.39 is 0 Å². The summed E-state index contributed by atoms with van der Waals surface area (Å²) >= 11 is 0. The molecule has 210 valence electrons. The predicted octanol–water partition coefficient (Wildman–Crippen LogP) is 6.43. The van der Waals surface area contributed by atoms with Crippen molar-refractivity contribution in [3.63, 3.8) is 0 Å². The number of ether oxygens (including phenoxy) is 1. The topological polar surface area (TPSA) is 77.7 Å². The highest BCUT2D eigenvalue weighted by atomic mass is 16.5. The number of methoxy groups -OCH3 is 1. The standard InChI is InChI=1S/C33H40N4O3/c1-25(2)27-14-16-29(17-15-27)35-33(39)37(19-9-21-40-3)24-32(38)36(23-26-10-5-4-6-11-26)20-18-28-22-34-31-13-8-7-12-30(28)31/h4-8,10-17,22,25,34H,9,18-21,23-24H2,1-3H3,(H,35,39). The van der Waals surface area contributed by atoms with Crippen molar-refractivity contribution in [3.05, 3.63) is 102 Å². The molecule has 0 radical (unpaired) electrons. The molecular formula is C33H40N4O3. The molecule has 7 nitrogen and oxygen atoms in total. The first-order chi connectivity index (χ1) is 19.4. The zero-order valence-electron chi connectivity index (χ0n) is 23.7. The Morgan fingerprint density at radius 1 is 0.900 bits per heavy atom. The van der Waals surface area contributed by atoms with Crippen LogP contribution in [0.1, 0.15) is 42.9 Å². The lowest BCUT2D eigenvalue weighted by Crippen LogP contribution is -2.45. The number of carbonyl (C=O) groups excluding carboxylic acids is 2. The number of fused-ring (bicyclic) bond motifs is 1. The summed E-state index contributed by atoms with van der Waals surface area (Å²) in [5.41, 5.74) is 5.22. The summed E-state index contributed by atoms with van der Waals surface area (Å²) in [6, 6.07) is 25.7. The molecule has 4 aromatic rings. The minimum absolute atomic E-state index is 0.0135. The molecule has 0 aliphatic carbocycles. The average Bonchev–Trinajstić information content (AvgIpc) is 3.38. The fourth-order valence-electron chi connectivity index (χ4n) is 4.76. The third kappa shape index (κ3) is 7.96. The van der Waals surface area contributed by atoms with Gasteiger partial charge in [0.25, 0.3) is 0 Å². The van der Waals surface area contributed by atoms with Crippen molar-refractivity contribution < 1.29 is 14.3 Å². The summed E-state index contributed by atoms with van der Waals surface area (Å²) < 4.78 is 5.22. The number of hydrogen-bond donors (Lipinski definition) is 2. The fraction of sp³-hybridized carbons (Fsp3) is 0.333. The van der Waals surface area contributed by atoms with Crippen molar-refractivity contribution in [2.24, 2.45) is 0 Å². The van der Waals surface area contributed by atoms with Crippen molar-refractivity contribution in [3.8, 4) is 0 Å². The first-order valence-corrected chi connectivity index (χ1v) is 14.0. The summed E-state index contributed by atoms with van der Waals surface area (Å²) in [5, 5.41) is 4.14. The van der Waals surface area contributed by atoms with Crippen LogP contribution in [0.15, 0.2) is 85.1 Å². The molecule has 0 unspecified atom stereocenters. The van der Waals surface area contributed by atoms with E-state index in [9.17, 15) is 9.59 Å². The average molecular weight is 541 g/mol. The molecule has 0 bridgehead atoms. The number of anilines is 1. The van der Waals surface area contributed by atoms with E-state index in [1.54, 1.807) is 12.0 Å². The maximum atomic E-state index is 13.8. The molecule has 0 atom stereocenters. The molecular weight excluding hydrogens is 500 g/mol. The number of nitrogens with zero attached hydrogens (tertiary/aromatic N) is 2. The van der Waals surface area contributed by atoms with Gasteiger partial charge < -0.3 is 24.8 Å². The Morgan fingerprint density at radius 3 is 2.35 bits per heavy atom. The highest BCUT2D eigenvalue weighted by Gasteiger charge is 2.22. The molecule has 0 aliphatic heterocycles. The van der Waals surface area contributed by atoms with E-state index in [4.69, 9.17) is 4.74 Å². The number of rotatable bonds is 13. The van der Waals surface area contributed by atoms with Gasteiger partial charge in [0.15, 0.2) is 0 Å². The molecule has 3 aromatic carbocycles. The molecule has 0 aliphatic rings. The van der Waals surface area contributed by atoms with E-state index in [-0.39, 0.29) is 18.5 Å². The summed E-state index contributed by atoms with van der Waals surface area (Å²) in [4.78, 5) is 33.8. The van der Waals surface area contributed by atoms with Gasteiger partial charge in [-0.3, -0.25) is 4.79 Å². The Labute approximate surface area is 237 Å². The van der Waals surface area contributed by atoms with E-state index in [1.807, 2.05) is 77.8 Å². The summed E-state index contributed by atoms with van der Waals surface area (Å²) in [7, 11) is 1.64. The van der Waals surface area contributed by atoms with Gasteiger partial charge in [0.05, 0.1) is 0 Å². The molecule has 2 N–H and O–H groups in total. The maximum Gasteiger partial charge on any atom is 0.322 e. The zero-order chi connectivity index (χ0) is 28.3. The number of aromatic nitrogens is 1.